The molecular formula is C11H19N7. The van der Waals surface area contributed by atoms with E-state index in [0.29, 0.717) is 12.5 Å². The van der Waals surface area contributed by atoms with E-state index in [9.17, 15) is 0 Å². The molecule has 0 saturated heterocycles. The number of nitrogens with one attached hydrogen (secondary N) is 1. The highest BCUT2D eigenvalue weighted by molar-refractivity contribution is 4.94. The Bertz CT molecular complexity index is 485. The van der Waals surface area contributed by atoms with Crippen LogP contribution in [-0.2, 0) is 19.6 Å². The van der Waals surface area contributed by atoms with Gasteiger partial charge in [0.25, 0.3) is 0 Å². The summed E-state index contributed by atoms with van der Waals surface area (Å²) in [7, 11) is 1.89. The Kier molecular flexibility index (Phi) is 4.03. The van der Waals surface area contributed by atoms with Crippen molar-refractivity contribution in [2.75, 3.05) is 7.05 Å². The molecule has 0 bridgehead atoms. The molecule has 7 heteroatoms. The number of nitrogens with zero attached hydrogens (tertiary/aromatic N) is 6. The maximum atomic E-state index is 4.27. The molecule has 2 heterocycles. The molecule has 0 fully saturated rings. The third-order valence-electron chi connectivity index (χ3n) is 2.48. The smallest absolute Gasteiger partial charge is 0.148 e. The van der Waals surface area contributed by atoms with Crippen LogP contribution >= 0.6 is 0 Å². The lowest BCUT2D eigenvalue weighted by Gasteiger charge is -2.07. The van der Waals surface area contributed by atoms with Gasteiger partial charge in [-0.3, -0.25) is 0 Å². The summed E-state index contributed by atoms with van der Waals surface area (Å²) in [5.74, 6) is 1.45. The van der Waals surface area contributed by atoms with Crippen molar-refractivity contribution < 1.29 is 0 Å². The van der Waals surface area contributed by atoms with Crippen LogP contribution in [0.4, 0.5) is 0 Å². The van der Waals surface area contributed by atoms with Crippen molar-refractivity contribution in [2.45, 2.75) is 33.5 Å². The Morgan fingerprint density at radius 3 is 2.94 bits per heavy atom. The number of rotatable bonds is 6. The maximum absolute atomic E-state index is 4.27. The monoisotopic (exact) mass is 249 g/mol. The van der Waals surface area contributed by atoms with Crippen molar-refractivity contribution in [3.63, 3.8) is 0 Å². The summed E-state index contributed by atoms with van der Waals surface area (Å²) in [6, 6.07) is 0. The van der Waals surface area contributed by atoms with E-state index in [0.717, 1.165) is 24.6 Å². The molecule has 7 nitrogen and oxygen atoms in total. The molecule has 0 saturated carbocycles. The van der Waals surface area contributed by atoms with Crippen LogP contribution in [0.2, 0.25) is 0 Å². The molecule has 2 rings (SSSR count). The molecule has 0 aliphatic heterocycles. The summed E-state index contributed by atoms with van der Waals surface area (Å²) in [5, 5.41) is 15.4. The SMILES string of the molecule is CNCc1cn(Cc2ncnn2CC(C)C)nn1. The molecule has 0 aliphatic rings. The Morgan fingerprint density at radius 2 is 2.22 bits per heavy atom. The third kappa shape index (κ3) is 3.13. The van der Waals surface area contributed by atoms with Crippen LogP contribution in [0.1, 0.15) is 25.4 Å². The van der Waals surface area contributed by atoms with Crippen molar-refractivity contribution >= 4 is 0 Å². The number of hydrogen-bond acceptors (Lipinski definition) is 5. The summed E-state index contributed by atoms with van der Waals surface area (Å²) >= 11 is 0. The molecule has 0 radical (unpaired) electrons. The highest BCUT2D eigenvalue weighted by Crippen LogP contribution is 2.03. The van der Waals surface area contributed by atoms with Crippen molar-refractivity contribution in [3.05, 3.63) is 24.0 Å². The average molecular weight is 249 g/mol. The number of hydrogen-bond donors (Lipinski definition) is 1. The first-order valence-corrected chi connectivity index (χ1v) is 6.09. The minimum Gasteiger partial charge on any atom is -0.314 e. The van der Waals surface area contributed by atoms with Crippen LogP contribution in [0.3, 0.4) is 0 Å². The van der Waals surface area contributed by atoms with Crippen molar-refractivity contribution in [1.29, 1.82) is 0 Å². The molecule has 0 aliphatic carbocycles. The standard InChI is InChI=1S/C11H19N7/c1-9(2)5-18-11(13-8-14-18)7-17-6-10(4-12-3)15-16-17/h6,8-9,12H,4-5,7H2,1-3H3. The Labute approximate surface area is 106 Å². The van der Waals surface area contributed by atoms with Gasteiger partial charge in [-0.25, -0.2) is 14.3 Å². The fraction of sp³-hybridized carbons (Fsp3) is 0.636. The minimum atomic E-state index is 0.543. The molecular weight excluding hydrogens is 230 g/mol. The minimum absolute atomic E-state index is 0.543. The molecule has 0 unspecified atom stereocenters. The van der Waals surface area contributed by atoms with Gasteiger partial charge >= 0.3 is 0 Å². The van der Waals surface area contributed by atoms with E-state index in [4.69, 9.17) is 0 Å². The van der Waals surface area contributed by atoms with Gasteiger partial charge in [0.05, 0.1) is 11.9 Å². The summed E-state index contributed by atoms with van der Waals surface area (Å²) in [6.45, 7) is 6.51. The lowest BCUT2D eigenvalue weighted by molar-refractivity contribution is 0.455. The van der Waals surface area contributed by atoms with Crippen LogP contribution in [0, 0.1) is 5.92 Å². The average Bonchev–Trinajstić information content (AvgIpc) is 2.90. The molecule has 1 N–H and O–H groups in total. The van der Waals surface area contributed by atoms with Gasteiger partial charge in [0, 0.05) is 13.1 Å². The van der Waals surface area contributed by atoms with E-state index >= 15 is 0 Å². The van der Waals surface area contributed by atoms with Gasteiger partial charge in [-0.15, -0.1) is 5.10 Å². The van der Waals surface area contributed by atoms with Crippen LogP contribution in [0.15, 0.2) is 12.5 Å². The van der Waals surface area contributed by atoms with E-state index in [2.05, 4.69) is 39.6 Å². The Balaban J connectivity index is 2.06. The van der Waals surface area contributed by atoms with E-state index in [1.54, 1.807) is 11.0 Å². The predicted molar refractivity (Wildman–Crippen MR) is 66.7 cm³/mol. The van der Waals surface area contributed by atoms with E-state index in [-0.39, 0.29) is 0 Å². The van der Waals surface area contributed by atoms with Crippen molar-refractivity contribution in [1.82, 2.24) is 35.1 Å². The van der Waals surface area contributed by atoms with E-state index < -0.39 is 0 Å². The maximum Gasteiger partial charge on any atom is 0.148 e. The third-order valence-corrected chi connectivity index (χ3v) is 2.48. The summed E-state index contributed by atoms with van der Waals surface area (Å²) in [6.07, 6.45) is 3.51. The van der Waals surface area contributed by atoms with Gasteiger partial charge in [0.2, 0.25) is 0 Å². The van der Waals surface area contributed by atoms with Gasteiger partial charge in [0.15, 0.2) is 0 Å². The molecule has 18 heavy (non-hydrogen) atoms. The van der Waals surface area contributed by atoms with Crippen LogP contribution in [0.25, 0.3) is 0 Å². The second kappa shape index (κ2) is 5.72. The zero-order valence-electron chi connectivity index (χ0n) is 11.0. The molecule has 2 aromatic heterocycles. The first-order valence-electron chi connectivity index (χ1n) is 6.09. The molecule has 0 aromatic carbocycles. The van der Waals surface area contributed by atoms with Crippen LogP contribution < -0.4 is 5.32 Å². The normalized spacial score (nSPS) is 11.3. The first-order chi connectivity index (χ1) is 8.69. The second-order valence-electron chi connectivity index (χ2n) is 4.69. The fourth-order valence-corrected chi connectivity index (χ4v) is 1.73. The predicted octanol–water partition coefficient (Wildman–Crippen LogP) is 0.293. The zero-order valence-corrected chi connectivity index (χ0v) is 11.0. The Morgan fingerprint density at radius 1 is 1.39 bits per heavy atom. The second-order valence-corrected chi connectivity index (χ2v) is 4.69. The van der Waals surface area contributed by atoms with Crippen LogP contribution in [-0.4, -0.2) is 36.8 Å². The first kappa shape index (κ1) is 12.7. The van der Waals surface area contributed by atoms with Gasteiger partial charge in [-0.2, -0.15) is 5.10 Å². The molecule has 2 aromatic rings. The number of aromatic nitrogens is 6. The zero-order chi connectivity index (χ0) is 13.0. The van der Waals surface area contributed by atoms with Gasteiger partial charge in [-0.1, -0.05) is 19.1 Å². The van der Waals surface area contributed by atoms with Crippen LogP contribution in [0.5, 0.6) is 0 Å². The largest absolute Gasteiger partial charge is 0.314 e. The van der Waals surface area contributed by atoms with E-state index in [1.807, 2.05) is 17.9 Å². The highest BCUT2D eigenvalue weighted by Gasteiger charge is 2.08. The van der Waals surface area contributed by atoms with Crippen molar-refractivity contribution in [3.8, 4) is 0 Å². The molecule has 0 spiro atoms. The summed E-state index contributed by atoms with van der Waals surface area (Å²) in [5.41, 5.74) is 0.924. The van der Waals surface area contributed by atoms with E-state index in [1.165, 1.54) is 0 Å². The lowest BCUT2D eigenvalue weighted by atomic mass is 10.2. The van der Waals surface area contributed by atoms with Gasteiger partial charge < -0.3 is 5.32 Å². The topological polar surface area (TPSA) is 73.5 Å². The molecule has 0 amide bonds. The van der Waals surface area contributed by atoms with Gasteiger partial charge in [0.1, 0.15) is 18.7 Å². The fourth-order valence-electron chi connectivity index (χ4n) is 1.73. The Hall–Kier alpha value is -1.76. The van der Waals surface area contributed by atoms with Gasteiger partial charge in [-0.05, 0) is 13.0 Å². The summed E-state index contributed by atoms with van der Waals surface area (Å²) in [4.78, 5) is 4.27. The molecule has 0 atom stereocenters. The summed E-state index contributed by atoms with van der Waals surface area (Å²) < 4.78 is 3.71. The molecule has 98 valence electrons. The quantitative estimate of drug-likeness (QED) is 0.796. The lowest BCUT2D eigenvalue weighted by Crippen LogP contribution is -2.13. The van der Waals surface area contributed by atoms with Crippen molar-refractivity contribution in [2.24, 2.45) is 5.92 Å². The highest BCUT2D eigenvalue weighted by atomic mass is 15.4.